The second kappa shape index (κ2) is 3.46. The molecule has 0 radical (unpaired) electrons. The number of carbonyl (C=O) groups excluding carboxylic acids is 2. The minimum Gasteiger partial charge on any atom is -0.307 e. The monoisotopic (exact) mass is 188 g/mol. The van der Waals surface area contributed by atoms with Crippen molar-refractivity contribution in [2.24, 2.45) is 10.9 Å². The van der Waals surface area contributed by atoms with Crippen LogP contribution >= 0.6 is 0 Å². The molecule has 1 aliphatic rings. The number of hydrogen-bond acceptors (Lipinski definition) is 6. The highest BCUT2D eigenvalue weighted by atomic mass is 16.7. The molecular weight excluding hydrogens is 180 g/mol. The third kappa shape index (κ3) is 1.48. The van der Waals surface area contributed by atoms with E-state index in [0.29, 0.717) is 5.06 Å². The lowest BCUT2D eigenvalue weighted by Gasteiger charge is -2.32. The number of urea groups is 1. The van der Waals surface area contributed by atoms with Gasteiger partial charge in [0.15, 0.2) is 0 Å². The van der Waals surface area contributed by atoms with E-state index in [1.807, 2.05) is 5.32 Å². The fourth-order valence-corrected chi connectivity index (χ4v) is 0.968. The van der Waals surface area contributed by atoms with Gasteiger partial charge in [-0.1, -0.05) is 5.18 Å². The van der Waals surface area contributed by atoms with Gasteiger partial charge in [-0.2, -0.15) is 5.06 Å². The van der Waals surface area contributed by atoms with Crippen LogP contribution in [0.1, 0.15) is 0 Å². The smallest absolute Gasteiger partial charge is 0.307 e. The van der Waals surface area contributed by atoms with E-state index >= 15 is 0 Å². The molecule has 3 N–H and O–H groups in total. The van der Waals surface area contributed by atoms with Crippen molar-refractivity contribution in [3.8, 4) is 0 Å². The molecule has 2 unspecified atom stereocenters. The second-order valence-electron chi connectivity index (χ2n) is 2.34. The molecule has 1 aliphatic heterocycles. The summed E-state index contributed by atoms with van der Waals surface area (Å²) < 4.78 is 0. The summed E-state index contributed by atoms with van der Waals surface area (Å²) in [6.07, 6.45) is -1.18. The number of nitrogens with one attached hydrogen (secondary N) is 1. The van der Waals surface area contributed by atoms with Crippen LogP contribution in [0.15, 0.2) is 5.18 Å². The van der Waals surface area contributed by atoms with Crippen LogP contribution in [0.25, 0.3) is 0 Å². The predicted octanol–water partition coefficient (Wildman–Crippen LogP) is -1.48. The molecule has 1 rings (SSSR count). The molecule has 2 atom stereocenters. The highest BCUT2D eigenvalue weighted by molar-refractivity contribution is 5.99. The lowest BCUT2D eigenvalue weighted by Crippen LogP contribution is -2.65. The van der Waals surface area contributed by atoms with Gasteiger partial charge in [0.25, 0.3) is 5.91 Å². The first-order chi connectivity index (χ1) is 6.11. The predicted molar refractivity (Wildman–Crippen MR) is 39.9 cm³/mol. The summed E-state index contributed by atoms with van der Waals surface area (Å²) in [5.74, 6) is -0.819. The van der Waals surface area contributed by atoms with Gasteiger partial charge < -0.3 is 5.73 Å². The normalized spacial score (nSPS) is 28.6. The Bertz CT molecular complexity index is 255. The van der Waals surface area contributed by atoms with E-state index in [0.717, 1.165) is 0 Å². The van der Waals surface area contributed by atoms with Crippen LogP contribution in [0.3, 0.4) is 0 Å². The quantitative estimate of drug-likeness (QED) is 0.513. The van der Waals surface area contributed by atoms with Crippen molar-refractivity contribution in [2.45, 2.75) is 12.2 Å². The van der Waals surface area contributed by atoms with Gasteiger partial charge >= 0.3 is 6.03 Å². The number of carbonyl (C=O) groups is 2. The molecule has 1 saturated heterocycles. The van der Waals surface area contributed by atoms with Crippen molar-refractivity contribution in [3.63, 3.8) is 0 Å². The van der Waals surface area contributed by atoms with E-state index in [1.54, 1.807) is 0 Å². The minimum atomic E-state index is -1.34. The third-order valence-corrected chi connectivity index (χ3v) is 1.60. The van der Waals surface area contributed by atoms with E-state index < -0.39 is 24.1 Å². The average molecular weight is 188 g/mol. The summed E-state index contributed by atoms with van der Waals surface area (Å²) in [5.41, 5.74) is 5.35. The van der Waals surface area contributed by atoms with Crippen LogP contribution in [0.5, 0.6) is 0 Å². The molecule has 3 amide bonds. The summed E-state index contributed by atoms with van der Waals surface area (Å²) >= 11 is 0. The number of hydroxylamine groups is 2. The van der Waals surface area contributed by atoms with Crippen LogP contribution in [-0.2, 0) is 9.63 Å². The molecule has 0 spiro atoms. The molecule has 1 heterocycles. The van der Waals surface area contributed by atoms with Crippen molar-refractivity contribution >= 4 is 11.9 Å². The number of hydrogen-bond donors (Lipinski definition) is 2. The number of nitrogens with two attached hydrogens (primary N) is 1. The first-order valence-electron chi connectivity index (χ1n) is 3.38. The lowest BCUT2D eigenvalue weighted by atomic mass is 10.2. The Morgan fingerprint density at radius 1 is 1.62 bits per heavy atom. The van der Waals surface area contributed by atoms with Crippen LogP contribution in [0, 0.1) is 4.91 Å². The summed E-state index contributed by atoms with van der Waals surface area (Å²) in [5, 5.41) is 5.02. The van der Waals surface area contributed by atoms with Gasteiger partial charge in [0.05, 0.1) is 7.11 Å². The summed E-state index contributed by atoms with van der Waals surface area (Å²) in [6, 6.07) is -2.14. The maximum absolute atomic E-state index is 11.0. The second-order valence-corrected chi connectivity index (χ2v) is 2.34. The van der Waals surface area contributed by atoms with Crippen molar-refractivity contribution in [2.75, 3.05) is 7.11 Å². The molecule has 0 aromatic carbocycles. The number of rotatable bonds is 2. The molecule has 8 heteroatoms. The SMILES string of the molecule is CON1C(=O)NC(=O)C(N=O)C1N. The van der Waals surface area contributed by atoms with Gasteiger partial charge in [-0.25, -0.2) is 4.79 Å². The average Bonchev–Trinajstić information content (AvgIpc) is 2.04. The fourth-order valence-electron chi connectivity index (χ4n) is 0.968. The van der Waals surface area contributed by atoms with Crippen LogP contribution in [0.4, 0.5) is 4.79 Å². The van der Waals surface area contributed by atoms with Crippen LogP contribution in [-0.4, -0.2) is 36.3 Å². The third-order valence-electron chi connectivity index (χ3n) is 1.60. The van der Waals surface area contributed by atoms with Crippen molar-refractivity contribution < 1.29 is 14.4 Å². The molecular formula is C5H8N4O4. The Balaban J connectivity index is 2.87. The van der Waals surface area contributed by atoms with Crippen molar-refractivity contribution in [1.29, 1.82) is 0 Å². The maximum atomic E-state index is 11.0. The Morgan fingerprint density at radius 3 is 2.69 bits per heavy atom. The zero-order valence-corrected chi connectivity index (χ0v) is 6.76. The van der Waals surface area contributed by atoms with Crippen molar-refractivity contribution in [1.82, 2.24) is 10.4 Å². The standard InChI is InChI=1S/C5H8N4O4/c1-13-9-3(6)2(8-12)4(10)7-5(9)11/h2-3H,6H2,1H3,(H,7,10,11). The molecule has 0 aliphatic carbocycles. The summed E-state index contributed by atoms with van der Waals surface area (Å²) in [6.45, 7) is 0. The first kappa shape index (κ1) is 9.55. The topological polar surface area (TPSA) is 114 Å². The number of imide groups is 1. The van der Waals surface area contributed by atoms with Crippen LogP contribution in [0.2, 0.25) is 0 Å². The maximum Gasteiger partial charge on any atom is 0.349 e. The minimum absolute atomic E-state index is 0.674. The Hall–Kier alpha value is -1.54. The van der Waals surface area contributed by atoms with E-state index in [2.05, 4.69) is 10.0 Å². The zero-order chi connectivity index (χ0) is 10.0. The van der Waals surface area contributed by atoms with E-state index in [-0.39, 0.29) is 0 Å². The molecule has 1 fully saturated rings. The van der Waals surface area contributed by atoms with Gasteiger partial charge in [-0.05, 0) is 0 Å². The van der Waals surface area contributed by atoms with E-state index in [4.69, 9.17) is 5.73 Å². The zero-order valence-electron chi connectivity index (χ0n) is 6.76. The summed E-state index contributed by atoms with van der Waals surface area (Å²) in [7, 11) is 1.19. The van der Waals surface area contributed by atoms with Gasteiger partial charge in [-0.3, -0.25) is 14.9 Å². The molecule has 0 aromatic heterocycles. The molecule has 0 saturated carbocycles. The largest absolute Gasteiger partial charge is 0.349 e. The summed E-state index contributed by atoms with van der Waals surface area (Å²) in [4.78, 5) is 36.6. The highest BCUT2D eigenvalue weighted by Crippen LogP contribution is 2.09. The highest BCUT2D eigenvalue weighted by Gasteiger charge is 2.41. The molecule has 72 valence electrons. The molecule has 0 bridgehead atoms. The fraction of sp³-hybridized carbons (Fsp3) is 0.600. The molecule has 8 nitrogen and oxygen atoms in total. The van der Waals surface area contributed by atoms with Crippen LogP contribution < -0.4 is 11.1 Å². The molecule has 0 aromatic rings. The van der Waals surface area contributed by atoms with Gasteiger partial charge in [0.2, 0.25) is 6.04 Å². The Kier molecular flexibility index (Phi) is 2.54. The molecule has 13 heavy (non-hydrogen) atoms. The van der Waals surface area contributed by atoms with Gasteiger partial charge in [0, 0.05) is 0 Å². The number of nitrogens with zero attached hydrogens (tertiary/aromatic N) is 2. The van der Waals surface area contributed by atoms with Crippen molar-refractivity contribution in [3.05, 3.63) is 4.91 Å². The first-order valence-corrected chi connectivity index (χ1v) is 3.38. The Morgan fingerprint density at radius 2 is 2.23 bits per heavy atom. The Labute approximate surface area is 72.9 Å². The number of nitroso groups, excluding NO2 is 1. The van der Waals surface area contributed by atoms with E-state index in [1.165, 1.54) is 7.11 Å². The van der Waals surface area contributed by atoms with E-state index in [9.17, 15) is 14.5 Å². The lowest BCUT2D eigenvalue weighted by molar-refractivity contribution is -0.148. The van der Waals surface area contributed by atoms with Gasteiger partial charge in [-0.15, -0.1) is 4.91 Å². The van der Waals surface area contributed by atoms with Gasteiger partial charge in [0.1, 0.15) is 6.17 Å². The number of amides is 3.